The molecule has 1 N–H and O–H groups in total. The zero-order valence-corrected chi connectivity index (χ0v) is 10.5. The molecule has 0 atom stereocenters. The zero-order chi connectivity index (χ0) is 10.8. The normalized spacial score (nSPS) is 12.4. The van der Waals surface area contributed by atoms with Crippen molar-refractivity contribution in [3.8, 4) is 0 Å². The van der Waals surface area contributed by atoms with Crippen LogP contribution in [0.15, 0.2) is 5.38 Å². The maximum atomic E-state index is 4.62. The summed E-state index contributed by atoms with van der Waals surface area (Å²) in [6, 6.07) is 0. The highest BCUT2D eigenvalue weighted by atomic mass is 32.1. The SMILES string of the molecule is CNC(C)(C)Cc1nc(C(C)C)cs1. The van der Waals surface area contributed by atoms with E-state index in [1.165, 1.54) is 10.7 Å². The second kappa shape index (κ2) is 4.41. The Labute approximate surface area is 90.8 Å². The van der Waals surface area contributed by atoms with Crippen LogP contribution in [0.2, 0.25) is 0 Å². The summed E-state index contributed by atoms with van der Waals surface area (Å²) in [6.45, 7) is 8.76. The number of nitrogens with one attached hydrogen (secondary N) is 1. The largest absolute Gasteiger partial charge is 0.314 e. The summed E-state index contributed by atoms with van der Waals surface area (Å²) in [5, 5.41) is 6.70. The summed E-state index contributed by atoms with van der Waals surface area (Å²) < 4.78 is 0. The highest BCUT2D eigenvalue weighted by Crippen LogP contribution is 2.21. The van der Waals surface area contributed by atoms with Crippen molar-refractivity contribution >= 4 is 11.3 Å². The Morgan fingerprint density at radius 3 is 2.57 bits per heavy atom. The first kappa shape index (κ1) is 11.7. The molecule has 0 fully saturated rings. The van der Waals surface area contributed by atoms with Gasteiger partial charge in [0.1, 0.15) is 0 Å². The smallest absolute Gasteiger partial charge is 0.0946 e. The van der Waals surface area contributed by atoms with Crippen molar-refractivity contribution in [2.75, 3.05) is 7.05 Å². The molecule has 0 aliphatic rings. The Morgan fingerprint density at radius 2 is 2.14 bits per heavy atom. The predicted octanol–water partition coefficient (Wildman–Crippen LogP) is 2.81. The fraction of sp³-hybridized carbons (Fsp3) is 0.727. The average Bonchev–Trinajstić information content (AvgIpc) is 2.52. The fourth-order valence-corrected chi connectivity index (χ4v) is 2.32. The molecule has 1 rings (SSSR count). The van der Waals surface area contributed by atoms with Crippen molar-refractivity contribution in [1.29, 1.82) is 0 Å². The topological polar surface area (TPSA) is 24.9 Å². The van der Waals surface area contributed by atoms with Gasteiger partial charge in [-0.05, 0) is 26.8 Å². The van der Waals surface area contributed by atoms with Crippen LogP contribution in [-0.4, -0.2) is 17.6 Å². The van der Waals surface area contributed by atoms with E-state index in [1.807, 2.05) is 7.05 Å². The maximum absolute atomic E-state index is 4.62. The fourth-order valence-electron chi connectivity index (χ4n) is 1.14. The molecular formula is C11H20N2S. The van der Waals surface area contributed by atoms with Gasteiger partial charge in [-0.3, -0.25) is 0 Å². The number of rotatable bonds is 4. The molecule has 80 valence electrons. The number of hydrogen-bond acceptors (Lipinski definition) is 3. The second-order valence-corrected chi connectivity index (χ2v) is 5.57. The average molecular weight is 212 g/mol. The third-order valence-corrected chi connectivity index (χ3v) is 3.30. The molecule has 3 heteroatoms. The van der Waals surface area contributed by atoms with E-state index >= 15 is 0 Å². The molecule has 14 heavy (non-hydrogen) atoms. The summed E-state index contributed by atoms with van der Waals surface area (Å²) in [6.07, 6.45) is 1.00. The van der Waals surface area contributed by atoms with Crippen LogP contribution in [0.1, 0.15) is 44.3 Å². The lowest BCUT2D eigenvalue weighted by atomic mass is 10.0. The molecule has 0 spiro atoms. The summed E-state index contributed by atoms with van der Waals surface area (Å²) in [5.74, 6) is 0.540. The summed E-state index contributed by atoms with van der Waals surface area (Å²) >= 11 is 1.77. The molecule has 1 aromatic heterocycles. The van der Waals surface area contributed by atoms with Crippen LogP contribution in [0.5, 0.6) is 0 Å². The summed E-state index contributed by atoms with van der Waals surface area (Å²) in [5.41, 5.74) is 1.36. The number of aromatic nitrogens is 1. The van der Waals surface area contributed by atoms with E-state index in [1.54, 1.807) is 11.3 Å². The van der Waals surface area contributed by atoms with Crippen molar-refractivity contribution in [2.45, 2.75) is 45.6 Å². The van der Waals surface area contributed by atoms with Gasteiger partial charge in [0.05, 0.1) is 10.7 Å². The Bertz CT molecular complexity index is 289. The van der Waals surface area contributed by atoms with Gasteiger partial charge < -0.3 is 5.32 Å². The van der Waals surface area contributed by atoms with Crippen molar-refractivity contribution in [1.82, 2.24) is 10.3 Å². The van der Waals surface area contributed by atoms with E-state index in [-0.39, 0.29) is 5.54 Å². The van der Waals surface area contributed by atoms with Crippen LogP contribution in [-0.2, 0) is 6.42 Å². The van der Waals surface area contributed by atoms with E-state index in [0.717, 1.165) is 6.42 Å². The molecule has 0 aromatic carbocycles. The molecule has 0 bridgehead atoms. The minimum absolute atomic E-state index is 0.145. The molecule has 0 amide bonds. The van der Waals surface area contributed by atoms with Crippen molar-refractivity contribution in [2.24, 2.45) is 0 Å². The molecular weight excluding hydrogens is 192 g/mol. The van der Waals surface area contributed by atoms with Gasteiger partial charge in [0, 0.05) is 17.3 Å². The van der Waals surface area contributed by atoms with Crippen molar-refractivity contribution < 1.29 is 0 Å². The third-order valence-electron chi connectivity index (χ3n) is 2.43. The van der Waals surface area contributed by atoms with Crippen LogP contribution in [0.3, 0.4) is 0 Å². The lowest BCUT2D eigenvalue weighted by Crippen LogP contribution is -2.38. The van der Waals surface area contributed by atoms with Gasteiger partial charge >= 0.3 is 0 Å². The zero-order valence-electron chi connectivity index (χ0n) is 9.72. The van der Waals surface area contributed by atoms with E-state index in [2.05, 4.69) is 43.4 Å². The third kappa shape index (κ3) is 3.07. The monoisotopic (exact) mass is 212 g/mol. The maximum Gasteiger partial charge on any atom is 0.0946 e. The standard InChI is InChI=1S/C11H20N2S/c1-8(2)9-7-14-10(13-9)6-11(3,4)12-5/h7-8,12H,6H2,1-5H3. The van der Waals surface area contributed by atoms with Gasteiger partial charge in [-0.1, -0.05) is 13.8 Å². The molecule has 2 nitrogen and oxygen atoms in total. The van der Waals surface area contributed by atoms with Gasteiger partial charge in [0.2, 0.25) is 0 Å². The molecule has 0 unspecified atom stereocenters. The first-order valence-electron chi connectivity index (χ1n) is 5.08. The van der Waals surface area contributed by atoms with Crippen molar-refractivity contribution in [3.63, 3.8) is 0 Å². The molecule has 0 saturated carbocycles. The van der Waals surface area contributed by atoms with E-state index < -0.39 is 0 Å². The molecule has 0 aliphatic heterocycles. The van der Waals surface area contributed by atoms with Gasteiger partial charge in [0.25, 0.3) is 0 Å². The Hall–Kier alpha value is -0.410. The molecule has 0 radical (unpaired) electrons. The predicted molar refractivity (Wildman–Crippen MR) is 63.0 cm³/mol. The van der Waals surface area contributed by atoms with Gasteiger partial charge in [-0.2, -0.15) is 0 Å². The van der Waals surface area contributed by atoms with Gasteiger partial charge in [-0.25, -0.2) is 4.98 Å². The number of thiazole rings is 1. The Kier molecular flexibility index (Phi) is 3.67. The first-order chi connectivity index (χ1) is 6.44. The van der Waals surface area contributed by atoms with E-state index in [4.69, 9.17) is 0 Å². The molecule has 1 heterocycles. The highest BCUT2D eigenvalue weighted by molar-refractivity contribution is 7.09. The van der Waals surface area contributed by atoms with Gasteiger partial charge in [-0.15, -0.1) is 11.3 Å². The van der Waals surface area contributed by atoms with E-state index in [9.17, 15) is 0 Å². The highest BCUT2D eigenvalue weighted by Gasteiger charge is 2.17. The first-order valence-corrected chi connectivity index (χ1v) is 5.96. The number of likely N-dealkylation sites (N-methyl/N-ethyl adjacent to an activating group) is 1. The number of hydrogen-bond donors (Lipinski definition) is 1. The Morgan fingerprint density at radius 1 is 1.50 bits per heavy atom. The lowest BCUT2D eigenvalue weighted by molar-refractivity contribution is 0.421. The van der Waals surface area contributed by atoms with Gasteiger partial charge in [0.15, 0.2) is 0 Å². The van der Waals surface area contributed by atoms with Crippen molar-refractivity contribution in [3.05, 3.63) is 16.1 Å². The van der Waals surface area contributed by atoms with Crippen LogP contribution in [0, 0.1) is 0 Å². The Balaban J connectivity index is 2.69. The minimum Gasteiger partial charge on any atom is -0.314 e. The summed E-state index contributed by atoms with van der Waals surface area (Å²) in [7, 11) is 2.00. The van der Waals surface area contributed by atoms with Crippen LogP contribution in [0.4, 0.5) is 0 Å². The quantitative estimate of drug-likeness (QED) is 0.830. The summed E-state index contributed by atoms with van der Waals surface area (Å²) in [4.78, 5) is 4.62. The molecule has 1 aromatic rings. The number of nitrogens with zero attached hydrogens (tertiary/aromatic N) is 1. The second-order valence-electron chi connectivity index (χ2n) is 4.63. The lowest BCUT2D eigenvalue weighted by Gasteiger charge is -2.22. The van der Waals surface area contributed by atoms with Crippen LogP contribution in [0.25, 0.3) is 0 Å². The van der Waals surface area contributed by atoms with Crippen LogP contribution < -0.4 is 5.32 Å². The van der Waals surface area contributed by atoms with Crippen LogP contribution >= 0.6 is 11.3 Å². The minimum atomic E-state index is 0.145. The van der Waals surface area contributed by atoms with E-state index in [0.29, 0.717) is 5.92 Å². The molecule has 0 aliphatic carbocycles. The molecule has 0 saturated heterocycles.